The summed E-state index contributed by atoms with van der Waals surface area (Å²) in [4.78, 5) is 15.2. The molecule has 1 aromatic heterocycles. The van der Waals surface area contributed by atoms with Crippen molar-refractivity contribution in [3.8, 4) is 0 Å². The molecule has 0 aliphatic carbocycles. The van der Waals surface area contributed by atoms with Crippen LogP contribution < -0.4 is 4.90 Å². The maximum Gasteiger partial charge on any atom is 0.270 e. The zero-order valence-corrected chi connectivity index (χ0v) is 21.9. The third-order valence-electron chi connectivity index (χ3n) is 5.41. The molecule has 1 fully saturated rings. The number of hydrogen-bond acceptors (Lipinski definition) is 3. The SMILES string of the molecule is O=C1/C(=C/c2cn(Cc3ccc(Cl)cc3Cl)c3ccccc23)SC(=S)N1c1ccc(Cl)cc1Cl. The summed E-state index contributed by atoms with van der Waals surface area (Å²) in [6, 6.07) is 18.5. The van der Waals surface area contributed by atoms with Crippen molar-refractivity contribution in [2.75, 3.05) is 4.90 Å². The van der Waals surface area contributed by atoms with Crippen molar-refractivity contribution in [2.45, 2.75) is 6.54 Å². The number of carbonyl (C=O) groups excluding carboxylic acids is 1. The first kappa shape index (κ1) is 23.7. The Labute approximate surface area is 225 Å². The van der Waals surface area contributed by atoms with Crippen LogP contribution in [-0.2, 0) is 11.3 Å². The minimum absolute atomic E-state index is 0.225. The first-order chi connectivity index (χ1) is 16.3. The Morgan fingerprint density at radius 1 is 0.912 bits per heavy atom. The number of aromatic nitrogens is 1. The first-order valence-corrected chi connectivity index (χ1v) is 12.8. The molecule has 3 aromatic carbocycles. The minimum atomic E-state index is -0.225. The predicted octanol–water partition coefficient (Wildman–Crippen LogP) is 8.71. The van der Waals surface area contributed by atoms with E-state index in [0.29, 0.717) is 41.5 Å². The summed E-state index contributed by atoms with van der Waals surface area (Å²) in [7, 11) is 0. The van der Waals surface area contributed by atoms with Gasteiger partial charge in [0.2, 0.25) is 0 Å². The van der Waals surface area contributed by atoms with Crippen LogP contribution in [0.5, 0.6) is 0 Å². The molecule has 4 aromatic rings. The lowest BCUT2D eigenvalue weighted by molar-refractivity contribution is -0.113. The number of nitrogens with zero attached hydrogens (tertiary/aromatic N) is 2. The van der Waals surface area contributed by atoms with Gasteiger partial charge < -0.3 is 4.57 Å². The molecule has 5 rings (SSSR count). The molecule has 9 heteroatoms. The molecule has 2 heterocycles. The van der Waals surface area contributed by atoms with Gasteiger partial charge in [0.15, 0.2) is 4.32 Å². The van der Waals surface area contributed by atoms with Crippen LogP contribution in [0, 0.1) is 0 Å². The number of thiocarbonyl (C=S) groups is 1. The fraction of sp³-hybridized carbons (Fsp3) is 0.0400. The summed E-state index contributed by atoms with van der Waals surface area (Å²) >= 11 is 31.6. The van der Waals surface area contributed by atoms with Crippen LogP contribution in [0.15, 0.2) is 71.8 Å². The maximum absolute atomic E-state index is 13.3. The number of hydrogen-bond donors (Lipinski definition) is 0. The zero-order chi connectivity index (χ0) is 24.0. The molecule has 3 nitrogen and oxygen atoms in total. The van der Waals surface area contributed by atoms with E-state index in [1.807, 2.05) is 48.7 Å². The number of amides is 1. The summed E-state index contributed by atoms with van der Waals surface area (Å²) in [5.41, 5.74) is 3.39. The number of benzene rings is 3. The van der Waals surface area contributed by atoms with E-state index in [1.165, 1.54) is 16.7 Å². The van der Waals surface area contributed by atoms with Crippen LogP contribution in [-0.4, -0.2) is 14.8 Å². The van der Waals surface area contributed by atoms with Gasteiger partial charge in [0.05, 0.1) is 15.6 Å². The van der Waals surface area contributed by atoms with Gasteiger partial charge in [-0.05, 0) is 48.0 Å². The Hall–Kier alpha value is -1.99. The fourth-order valence-corrected chi connectivity index (χ4v) is 6.07. The number of rotatable bonds is 4. The average Bonchev–Trinajstić information content (AvgIpc) is 3.27. The van der Waals surface area contributed by atoms with Crippen LogP contribution in [0.2, 0.25) is 20.1 Å². The molecular formula is C25H14Cl4N2OS2. The standard InChI is InChI=1S/C25H14Cl4N2OS2/c26-16-6-5-14(19(28)10-16)12-30-13-15(18-3-1-2-4-21(18)30)9-23-24(32)31(25(33)34-23)22-8-7-17(27)11-20(22)29/h1-11,13H,12H2/b23-9-. The van der Waals surface area contributed by atoms with E-state index in [-0.39, 0.29) is 5.91 Å². The summed E-state index contributed by atoms with van der Waals surface area (Å²) in [5.74, 6) is -0.225. The van der Waals surface area contributed by atoms with Crippen LogP contribution >= 0.6 is 70.4 Å². The molecule has 1 saturated heterocycles. The average molecular weight is 564 g/mol. The Bertz CT molecular complexity index is 1510. The predicted molar refractivity (Wildman–Crippen MR) is 150 cm³/mol. The van der Waals surface area contributed by atoms with Crippen LogP contribution in [0.4, 0.5) is 5.69 Å². The van der Waals surface area contributed by atoms with Crippen molar-refractivity contribution in [3.05, 3.63) is 103 Å². The summed E-state index contributed by atoms with van der Waals surface area (Å²) in [6.45, 7) is 0.561. The van der Waals surface area contributed by atoms with E-state index in [0.717, 1.165) is 22.0 Å². The van der Waals surface area contributed by atoms with Gasteiger partial charge in [-0.2, -0.15) is 0 Å². The highest BCUT2D eigenvalue weighted by molar-refractivity contribution is 8.27. The highest BCUT2D eigenvalue weighted by Gasteiger charge is 2.34. The van der Waals surface area contributed by atoms with Gasteiger partial charge in [-0.25, -0.2) is 0 Å². The van der Waals surface area contributed by atoms with E-state index in [1.54, 1.807) is 24.3 Å². The number of anilines is 1. The normalized spacial score (nSPS) is 15.2. The smallest absolute Gasteiger partial charge is 0.270 e. The second-order valence-corrected chi connectivity index (χ2v) is 10.9. The first-order valence-electron chi connectivity index (χ1n) is 10.1. The van der Waals surface area contributed by atoms with E-state index in [2.05, 4.69) is 4.57 Å². The topological polar surface area (TPSA) is 25.2 Å². The second-order valence-electron chi connectivity index (χ2n) is 7.58. The van der Waals surface area contributed by atoms with Crippen molar-refractivity contribution in [3.63, 3.8) is 0 Å². The van der Waals surface area contributed by atoms with E-state index in [9.17, 15) is 4.79 Å². The van der Waals surface area contributed by atoms with Crippen molar-refractivity contribution < 1.29 is 4.79 Å². The van der Waals surface area contributed by atoms with Crippen molar-refractivity contribution >= 4 is 103 Å². The third-order valence-corrected chi connectivity index (χ3v) is 7.83. The summed E-state index contributed by atoms with van der Waals surface area (Å²) in [5, 5.41) is 3.06. The molecule has 0 unspecified atom stereocenters. The molecule has 0 radical (unpaired) electrons. The molecule has 1 amide bonds. The lowest BCUT2D eigenvalue weighted by atomic mass is 10.1. The van der Waals surface area contributed by atoms with E-state index < -0.39 is 0 Å². The van der Waals surface area contributed by atoms with Crippen LogP contribution in [0.3, 0.4) is 0 Å². The lowest BCUT2D eigenvalue weighted by Crippen LogP contribution is -2.27. The van der Waals surface area contributed by atoms with Gasteiger partial charge >= 0.3 is 0 Å². The van der Waals surface area contributed by atoms with Crippen molar-refractivity contribution in [2.24, 2.45) is 0 Å². The third kappa shape index (κ3) is 4.49. The maximum atomic E-state index is 13.3. The van der Waals surface area contributed by atoms with Crippen molar-refractivity contribution in [1.29, 1.82) is 0 Å². The Balaban J connectivity index is 1.53. The quantitative estimate of drug-likeness (QED) is 0.183. The van der Waals surface area contributed by atoms with Gasteiger partial charge in [-0.1, -0.05) is 94.6 Å². The fourth-order valence-electron chi connectivity index (χ4n) is 3.83. The number of halogens is 4. The Kier molecular flexibility index (Phi) is 6.68. The number of fused-ring (bicyclic) bond motifs is 1. The minimum Gasteiger partial charge on any atom is -0.342 e. The van der Waals surface area contributed by atoms with Gasteiger partial charge in [0, 0.05) is 44.3 Å². The molecule has 1 aliphatic rings. The van der Waals surface area contributed by atoms with E-state index in [4.69, 9.17) is 58.6 Å². The van der Waals surface area contributed by atoms with E-state index >= 15 is 0 Å². The molecular weight excluding hydrogens is 550 g/mol. The lowest BCUT2D eigenvalue weighted by Gasteiger charge is -2.16. The number of para-hydroxylation sites is 1. The molecule has 0 saturated carbocycles. The molecule has 1 aliphatic heterocycles. The zero-order valence-electron chi connectivity index (χ0n) is 17.3. The van der Waals surface area contributed by atoms with Crippen LogP contribution in [0.1, 0.15) is 11.1 Å². The van der Waals surface area contributed by atoms with Gasteiger partial charge in [0.1, 0.15) is 0 Å². The molecule has 170 valence electrons. The Morgan fingerprint density at radius 2 is 1.62 bits per heavy atom. The van der Waals surface area contributed by atoms with Crippen LogP contribution in [0.25, 0.3) is 17.0 Å². The molecule has 0 spiro atoms. The number of carbonyl (C=O) groups is 1. The summed E-state index contributed by atoms with van der Waals surface area (Å²) < 4.78 is 2.52. The van der Waals surface area contributed by atoms with Gasteiger partial charge in [0.25, 0.3) is 5.91 Å². The molecule has 0 N–H and O–H groups in total. The van der Waals surface area contributed by atoms with Gasteiger partial charge in [-0.3, -0.25) is 9.69 Å². The molecule has 34 heavy (non-hydrogen) atoms. The monoisotopic (exact) mass is 562 g/mol. The van der Waals surface area contributed by atoms with Crippen molar-refractivity contribution in [1.82, 2.24) is 4.57 Å². The number of thioether (sulfide) groups is 1. The molecule has 0 bridgehead atoms. The molecule has 0 atom stereocenters. The van der Waals surface area contributed by atoms with Gasteiger partial charge in [-0.15, -0.1) is 0 Å². The highest BCUT2D eigenvalue weighted by Crippen LogP contribution is 2.40. The largest absolute Gasteiger partial charge is 0.342 e. The second kappa shape index (κ2) is 9.57. The highest BCUT2D eigenvalue weighted by atomic mass is 35.5. The Morgan fingerprint density at radius 3 is 2.35 bits per heavy atom. The summed E-state index contributed by atoms with van der Waals surface area (Å²) in [6.07, 6.45) is 3.88.